The first-order chi connectivity index (χ1) is 10.3. The van der Waals surface area contributed by atoms with E-state index in [0.29, 0.717) is 17.7 Å². The molecule has 2 aliphatic rings. The van der Waals surface area contributed by atoms with Crippen LogP contribution in [0.15, 0.2) is 18.3 Å². The predicted octanol–water partition coefficient (Wildman–Crippen LogP) is 1.64. The normalized spacial score (nSPS) is 24.8. The van der Waals surface area contributed by atoms with Gasteiger partial charge in [0.1, 0.15) is 11.9 Å². The van der Waals surface area contributed by atoms with Gasteiger partial charge in [-0.05, 0) is 31.9 Å². The molecule has 2 saturated heterocycles. The quantitative estimate of drug-likeness (QED) is 0.827. The van der Waals surface area contributed by atoms with E-state index in [1.807, 2.05) is 12.1 Å². The second-order valence-electron chi connectivity index (χ2n) is 5.91. The molecule has 0 spiro atoms. The van der Waals surface area contributed by atoms with Crippen molar-refractivity contribution in [3.63, 3.8) is 0 Å². The maximum atomic E-state index is 8.82. The highest BCUT2D eigenvalue weighted by atomic mass is 16.5. The van der Waals surface area contributed by atoms with Crippen molar-refractivity contribution in [1.82, 2.24) is 9.88 Å². The van der Waals surface area contributed by atoms with Crippen molar-refractivity contribution in [1.29, 1.82) is 5.26 Å². The largest absolute Gasteiger partial charge is 0.376 e. The first kappa shape index (κ1) is 14.3. The number of nitrogens with zero attached hydrogens (tertiary/aromatic N) is 4. The predicted molar refractivity (Wildman–Crippen MR) is 81.2 cm³/mol. The van der Waals surface area contributed by atoms with E-state index >= 15 is 0 Å². The fourth-order valence-electron chi connectivity index (χ4n) is 3.28. The molecule has 21 heavy (non-hydrogen) atoms. The highest BCUT2D eigenvalue weighted by Gasteiger charge is 2.28. The molecule has 1 unspecified atom stereocenters. The van der Waals surface area contributed by atoms with Crippen LogP contribution in [0.3, 0.4) is 0 Å². The fourth-order valence-corrected chi connectivity index (χ4v) is 3.28. The number of anilines is 1. The number of aromatic nitrogens is 1. The van der Waals surface area contributed by atoms with Crippen molar-refractivity contribution in [2.24, 2.45) is 0 Å². The van der Waals surface area contributed by atoms with Crippen LogP contribution in [0.5, 0.6) is 0 Å². The Labute approximate surface area is 126 Å². The molecule has 0 bridgehead atoms. The molecule has 2 aliphatic heterocycles. The summed E-state index contributed by atoms with van der Waals surface area (Å²) in [5.41, 5.74) is 0.621. The first-order valence-corrected chi connectivity index (χ1v) is 7.73. The molecule has 0 aliphatic carbocycles. The second-order valence-corrected chi connectivity index (χ2v) is 5.91. The minimum absolute atomic E-state index is 0.358. The fraction of sp³-hybridized carbons (Fsp3) is 0.625. The molecule has 1 aromatic heterocycles. The Bertz CT molecular complexity index is 502. The van der Waals surface area contributed by atoms with Crippen molar-refractivity contribution in [3.05, 3.63) is 23.9 Å². The number of morpholine rings is 1. The average molecular weight is 286 g/mol. The van der Waals surface area contributed by atoms with Crippen LogP contribution in [0.1, 0.15) is 25.3 Å². The summed E-state index contributed by atoms with van der Waals surface area (Å²) in [5, 5.41) is 8.82. The van der Waals surface area contributed by atoms with Gasteiger partial charge in [-0.15, -0.1) is 0 Å². The highest BCUT2D eigenvalue weighted by Crippen LogP contribution is 2.22. The van der Waals surface area contributed by atoms with E-state index in [-0.39, 0.29) is 0 Å². The van der Waals surface area contributed by atoms with E-state index in [1.54, 1.807) is 6.20 Å². The van der Waals surface area contributed by atoms with Crippen molar-refractivity contribution >= 4 is 5.82 Å². The summed E-state index contributed by atoms with van der Waals surface area (Å²) < 4.78 is 5.62. The summed E-state index contributed by atoms with van der Waals surface area (Å²) in [6, 6.07) is 6.58. The summed E-state index contributed by atoms with van der Waals surface area (Å²) in [7, 11) is 0. The maximum absolute atomic E-state index is 8.82. The van der Waals surface area contributed by atoms with Crippen LogP contribution >= 0.6 is 0 Å². The number of piperidine rings is 1. The third-order valence-electron chi connectivity index (χ3n) is 4.45. The van der Waals surface area contributed by atoms with Crippen LogP contribution in [0, 0.1) is 11.3 Å². The lowest BCUT2D eigenvalue weighted by Gasteiger charge is -2.42. The standard InChI is InChI=1S/C16H22N4O/c1-13-12-20(8-9-21-13)15-4-6-19(7-5-15)16-3-2-14(10-17)11-18-16/h2-3,11,13,15H,4-9,12H2,1H3. The van der Waals surface area contributed by atoms with Gasteiger partial charge in [-0.2, -0.15) is 5.26 Å². The Morgan fingerprint density at radius 1 is 1.29 bits per heavy atom. The van der Waals surface area contributed by atoms with Gasteiger partial charge in [-0.25, -0.2) is 4.98 Å². The lowest BCUT2D eigenvalue weighted by molar-refractivity contribution is -0.0373. The Hall–Kier alpha value is -1.64. The molecule has 1 aromatic rings. The minimum atomic E-state index is 0.358. The number of pyridine rings is 1. The summed E-state index contributed by atoms with van der Waals surface area (Å²) in [6.45, 7) is 7.20. The number of nitriles is 1. The Kier molecular flexibility index (Phi) is 4.37. The molecule has 0 N–H and O–H groups in total. The SMILES string of the molecule is CC1CN(C2CCN(c3ccc(C#N)cn3)CC2)CCO1. The van der Waals surface area contributed by atoms with Gasteiger partial charge in [0, 0.05) is 38.4 Å². The molecule has 3 rings (SSSR count). The van der Waals surface area contributed by atoms with Gasteiger partial charge < -0.3 is 9.64 Å². The van der Waals surface area contributed by atoms with Crippen LogP contribution in [0.25, 0.3) is 0 Å². The Morgan fingerprint density at radius 3 is 2.71 bits per heavy atom. The van der Waals surface area contributed by atoms with E-state index in [4.69, 9.17) is 10.00 Å². The molecule has 5 heteroatoms. The number of hydrogen-bond acceptors (Lipinski definition) is 5. The molecule has 3 heterocycles. The van der Waals surface area contributed by atoms with Crippen molar-refractivity contribution < 1.29 is 4.74 Å². The molecule has 2 fully saturated rings. The molecule has 112 valence electrons. The third kappa shape index (κ3) is 3.34. The Balaban J connectivity index is 1.56. The van der Waals surface area contributed by atoms with E-state index in [1.165, 1.54) is 12.8 Å². The topological polar surface area (TPSA) is 52.4 Å². The summed E-state index contributed by atoms with van der Waals surface area (Å²) in [5.74, 6) is 0.989. The molecule has 0 amide bonds. The lowest BCUT2D eigenvalue weighted by atomic mass is 10.0. The first-order valence-electron chi connectivity index (χ1n) is 7.73. The average Bonchev–Trinajstić information content (AvgIpc) is 2.55. The van der Waals surface area contributed by atoms with Crippen molar-refractivity contribution in [2.45, 2.75) is 31.9 Å². The van der Waals surface area contributed by atoms with Crippen LogP contribution in [0.4, 0.5) is 5.82 Å². The summed E-state index contributed by atoms with van der Waals surface area (Å²) in [4.78, 5) is 9.29. The number of ether oxygens (including phenoxy) is 1. The zero-order valence-corrected chi connectivity index (χ0v) is 12.5. The van der Waals surface area contributed by atoms with Crippen LogP contribution in [-0.4, -0.2) is 54.8 Å². The summed E-state index contributed by atoms with van der Waals surface area (Å²) >= 11 is 0. The molecule has 5 nitrogen and oxygen atoms in total. The minimum Gasteiger partial charge on any atom is -0.376 e. The zero-order valence-electron chi connectivity index (χ0n) is 12.5. The van der Waals surface area contributed by atoms with Crippen LogP contribution < -0.4 is 4.90 Å². The summed E-state index contributed by atoms with van der Waals surface area (Å²) in [6.07, 6.45) is 4.37. The third-order valence-corrected chi connectivity index (χ3v) is 4.45. The molecular formula is C16H22N4O. The van der Waals surface area contributed by atoms with Gasteiger partial charge in [0.05, 0.1) is 18.3 Å². The van der Waals surface area contributed by atoms with Gasteiger partial charge in [0.2, 0.25) is 0 Å². The molecule has 0 saturated carbocycles. The molecule has 0 radical (unpaired) electrons. The monoisotopic (exact) mass is 286 g/mol. The van der Waals surface area contributed by atoms with E-state index in [0.717, 1.165) is 38.6 Å². The number of hydrogen-bond donors (Lipinski definition) is 0. The lowest BCUT2D eigenvalue weighted by Crippen LogP contribution is -2.51. The smallest absolute Gasteiger partial charge is 0.128 e. The maximum Gasteiger partial charge on any atom is 0.128 e. The van der Waals surface area contributed by atoms with Gasteiger partial charge in [-0.1, -0.05) is 0 Å². The molecule has 0 aromatic carbocycles. The van der Waals surface area contributed by atoms with E-state index in [9.17, 15) is 0 Å². The number of rotatable bonds is 2. The van der Waals surface area contributed by atoms with Crippen LogP contribution in [-0.2, 0) is 4.74 Å². The second kappa shape index (κ2) is 6.42. The van der Waals surface area contributed by atoms with Gasteiger partial charge >= 0.3 is 0 Å². The zero-order chi connectivity index (χ0) is 14.7. The molecular weight excluding hydrogens is 264 g/mol. The van der Waals surface area contributed by atoms with E-state index < -0.39 is 0 Å². The van der Waals surface area contributed by atoms with Crippen molar-refractivity contribution in [3.8, 4) is 6.07 Å². The highest BCUT2D eigenvalue weighted by molar-refractivity contribution is 5.42. The van der Waals surface area contributed by atoms with Gasteiger partial charge in [-0.3, -0.25) is 4.90 Å². The van der Waals surface area contributed by atoms with Crippen LogP contribution in [0.2, 0.25) is 0 Å². The van der Waals surface area contributed by atoms with E-state index in [2.05, 4.69) is 27.8 Å². The Morgan fingerprint density at radius 2 is 2.10 bits per heavy atom. The van der Waals surface area contributed by atoms with Gasteiger partial charge in [0.25, 0.3) is 0 Å². The van der Waals surface area contributed by atoms with Crippen molar-refractivity contribution in [2.75, 3.05) is 37.7 Å². The molecule has 1 atom stereocenters. The van der Waals surface area contributed by atoms with Gasteiger partial charge in [0.15, 0.2) is 0 Å².